The van der Waals surface area contributed by atoms with E-state index in [1.807, 2.05) is 0 Å². The van der Waals surface area contributed by atoms with Crippen molar-refractivity contribution in [3.63, 3.8) is 0 Å². The molecule has 9 heteroatoms. The van der Waals surface area contributed by atoms with Gasteiger partial charge in [-0.2, -0.15) is 4.31 Å². The zero-order chi connectivity index (χ0) is 20.0. The molecule has 28 heavy (non-hydrogen) atoms. The molecule has 1 fully saturated rings. The van der Waals surface area contributed by atoms with Crippen LogP contribution in [0.3, 0.4) is 0 Å². The standard InChI is InChI=1S/C19H23N3O5S/c23-18(14-27-19(24)17-6-5-11-20-17)21-15-7-9-16(10-8-15)28(25,26)22-12-3-1-2-4-13-22/h5-11,20H,1-4,12-14H2,(H,21,23). The van der Waals surface area contributed by atoms with Gasteiger partial charge in [-0.05, 0) is 49.2 Å². The SMILES string of the molecule is O=C(COC(=O)c1ccc[nH]1)Nc1ccc(S(=O)(=O)N2CCCCCC2)cc1. The second-order valence-corrected chi connectivity index (χ2v) is 8.49. The molecule has 0 spiro atoms. The summed E-state index contributed by atoms with van der Waals surface area (Å²) in [7, 11) is -3.53. The number of amides is 1. The predicted molar refractivity (Wildman–Crippen MR) is 103 cm³/mol. The van der Waals surface area contributed by atoms with Gasteiger partial charge in [0, 0.05) is 25.0 Å². The molecule has 0 bridgehead atoms. The lowest BCUT2D eigenvalue weighted by Crippen LogP contribution is -2.31. The van der Waals surface area contributed by atoms with Crippen LogP contribution in [-0.2, 0) is 19.6 Å². The summed E-state index contributed by atoms with van der Waals surface area (Å²) in [5.41, 5.74) is 0.687. The number of aromatic amines is 1. The van der Waals surface area contributed by atoms with Crippen LogP contribution in [0.5, 0.6) is 0 Å². The molecule has 0 aliphatic carbocycles. The molecule has 1 aliphatic heterocycles. The number of ether oxygens (including phenoxy) is 1. The number of esters is 1. The van der Waals surface area contributed by atoms with Gasteiger partial charge in [0.2, 0.25) is 10.0 Å². The number of carbonyl (C=O) groups excluding carboxylic acids is 2. The van der Waals surface area contributed by atoms with Crippen molar-refractivity contribution in [2.45, 2.75) is 30.6 Å². The van der Waals surface area contributed by atoms with E-state index < -0.39 is 28.5 Å². The van der Waals surface area contributed by atoms with E-state index in [-0.39, 0.29) is 10.6 Å². The molecule has 0 saturated carbocycles. The summed E-state index contributed by atoms with van der Waals surface area (Å²) in [5, 5.41) is 2.58. The molecule has 1 aromatic heterocycles. The zero-order valence-electron chi connectivity index (χ0n) is 15.4. The van der Waals surface area contributed by atoms with Gasteiger partial charge in [-0.15, -0.1) is 0 Å². The molecule has 1 aliphatic rings. The first kappa shape index (κ1) is 20.1. The van der Waals surface area contributed by atoms with Crippen LogP contribution in [0.2, 0.25) is 0 Å². The maximum atomic E-state index is 12.7. The Hall–Kier alpha value is -2.65. The maximum Gasteiger partial charge on any atom is 0.355 e. The summed E-state index contributed by atoms with van der Waals surface area (Å²) in [6, 6.07) is 9.19. The second-order valence-electron chi connectivity index (χ2n) is 6.55. The average Bonchev–Trinajstić information content (AvgIpc) is 3.08. The van der Waals surface area contributed by atoms with Crippen molar-refractivity contribution in [1.82, 2.24) is 9.29 Å². The number of benzene rings is 1. The normalized spacial score (nSPS) is 15.6. The Balaban J connectivity index is 1.56. The molecule has 0 unspecified atom stereocenters. The van der Waals surface area contributed by atoms with E-state index in [0.717, 1.165) is 25.7 Å². The van der Waals surface area contributed by atoms with Crippen LogP contribution in [-0.4, -0.2) is 49.3 Å². The number of H-pyrrole nitrogens is 1. The number of carbonyl (C=O) groups is 2. The van der Waals surface area contributed by atoms with Crippen LogP contribution in [0.25, 0.3) is 0 Å². The average molecular weight is 405 g/mol. The Bertz CT molecular complexity index is 900. The fourth-order valence-electron chi connectivity index (χ4n) is 3.00. The van der Waals surface area contributed by atoms with Gasteiger partial charge in [-0.3, -0.25) is 4.79 Å². The van der Waals surface area contributed by atoms with Gasteiger partial charge in [-0.1, -0.05) is 12.8 Å². The van der Waals surface area contributed by atoms with Crippen LogP contribution in [0, 0.1) is 0 Å². The molecule has 150 valence electrons. The summed E-state index contributed by atoms with van der Waals surface area (Å²) in [6.45, 7) is 0.631. The summed E-state index contributed by atoms with van der Waals surface area (Å²) < 4.78 is 31.9. The van der Waals surface area contributed by atoms with Crippen LogP contribution >= 0.6 is 0 Å². The lowest BCUT2D eigenvalue weighted by Gasteiger charge is -2.20. The summed E-state index contributed by atoms with van der Waals surface area (Å²) in [5.74, 6) is -1.14. The molecular formula is C19H23N3O5S. The van der Waals surface area contributed by atoms with E-state index in [1.165, 1.54) is 28.6 Å². The van der Waals surface area contributed by atoms with Crippen molar-refractivity contribution in [3.05, 3.63) is 48.3 Å². The monoisotopic (exact) mass is 405 g/mol. The number of hydrogen-bond acceptors (Lipinski definition) is 5. The molecule has 0 radical (unpaired) electrons. The van der Waals surface area contributed by atoms with E-state index in [1.54, 1.807) is 18.3 Å². The number of aromatic nitrogens is 1. The lowest BCUT2D eigenvalue weighted by molar-refractivity contribution is -0.119. The van der Waals surface area contributed by atoms with Crippen molar-refractivity contribution in [3.8, 4) is 0 Å². The summed E-state index contributed by atoms with van der Waals surface area (Å²) in [4.78, 5) is 26.5. The minimum Gasteiger partial charge on any atom is -0.451 e. The molecule has 1 aromatic carbocycles. The Morgan fingerprint density at radius 2 is 1.71 bits per heavy atom. The molecule has 2 aromatic rings. The van der Waals surface area contributed by atoms with Crippen molar-refractivity contribution in [2.75, 3.05) is 25.0 Å². The molecule has 8 nitrogen and oxygen atoms in total. The van der Waals surface area contributed by atoms with Crippen LogP contribution in [0.1, 0.15) is 36.2 Å². The topological polar surface area (TPSA) is 109 Å². The van der Waals surface area contributed by atoms with Crippen LogP contribution in [0.15, 0.2) is 47.5 Å². The van der Waals surface area contributed by atoms with Gasteiger partial charge >= 0.3 is 5.97 Å². The van der Waals surface area contributed by atoms with E-state index in [0.29, 0.717) is 18.8 Å². The fraction of sp³-hybridized carbons (Fsp3) is 0.368. The van der Waals surface area contributed by atoms with E-state index in [9.17, 15) is 18.0 Å². The minimum atomic E-state index is -3.53. The first-order valence-electron chi connectivity index (χ1n) is 9.17. The highest BCUT2D eigenvalue weighted by atomic mass is 32.2. The maximum absolute atomic E-state index is 12.7. The Morgan fingerprint density at radius 1 is 1.04 bits per heavy atom. The molecule has 0 atom stereocenters. The van der Waals surface area contributed by atoms with Gasteiger partial charge in [0.1, 0.15) is 5.69 Å². The van der Waals surface area contributed by atoms with E-state index in [2.05, 4.69) is 10.3 Å². The van der Waals surface area contributed by atoms with Gasteiger partial charge in [0.25, 0.3) is 5.91 Å². The molecular weight excluding hydrogens is 382 g/mol. The van der Waals surface area contributed by atoms with Crippen molar-refractivity contribution in [2.24, 2.45) is 0 Å². The molecule has 2 heterocycles. The number of nitrogens with zero attached hydrogens (tertiary/aromatic N) is 1. The first-order chi connectivity index (χ1) is 13.5. The third kappa shape index (κ3) is 4.99. The van der Waals surface area contributed by atoms with Crippen molar-refractivity contribution >= 4 is 27.6 Å². The second kappa shape index (κ2) is 9.03. The van der Waals surface area contributed by atoms with Gasteiger partial charge in [0.15, 0.2) is 6.61 Å². The van der Waals surface area contributed by atoms with Crippen molar-refractivity contribution < 1.29 is 22.7 Å². The van der Waals surface area contributed by atoms with Gasteiger partial charge in [0.05, 0.1) is 4.90 Å². The molecule has 3 rings (SSSR count). The van der Waals surface area contributed by atoms with Crippen LogP contribution in [0.4, 0.5) is 5.69 Å². The Morgan fingerprint density at radius 3 is 2.32 bits per heavy atom. The third-order valence-electron chi connectivity index (χ3n) is 4.49. The summed E-state index contributed by atoms with van der Waals surface area (Å²) in [6.07, 6.45) is 5.41. The molecule has 2 N–H and O–H groups in total. The van der Waals surface area contributed by atoms with Crippen molar-refractivity contribution in [1.29, 1.82) is 0 Å². The lowest BCUT2D eigenvalue weighted by atomic mass is 10.2. The highest BCUT2D eigenvalue weighted by Gasteiger charge is 2.25. The number of nitrogens with one attached hydrogen (secondary N) is 2. The first-order valence-corrected chi connectivity index (χ1v) is 10.6. The van der Waals surface area contributed by atoms with E-state index in [4.69, 9.17) is 4.74 Å². The predicted octanol–water partition coefficient (Wildman–Crippen LogP) is 2.37. The fourth-order valence-corrected chi connectivity index (χ4v) is 4.52. The third-order valence-corrected chi connectivity index (χ3v) is 6.41. The smallest absolute Gasteiger partial charge is 0.355 e. The molecule has 1 saturated heterocycles. The molecule has 1 amide bonds. The Kier molecular flexibility index (Phi) is 6.48. The largest absolute Gasteiger partial charge is 0.451 e. The van der Waals surface area contributed by atoms with Crippen LogP contribution < -0.4 is 5.32 Å². The zero-order valence-corrected chi connectivity index (χ0v) is 16.2. The highest BCUT2D eigenvalue weighted by Crippen LogP contribution is 2.21. The number of anilines is 1. The number of rotatable bonds is 6. The van der Waals surface area contributed by atoms with E-state index >= 15 is 0 Å². The summed E-state index contributed by atoms with van der Waals surface area (Å²) >= 11 is 0. The van der Waals surface area contributed by atoms with Gasteiger partial charge < -0.3 is 15.0 Å². The number of sulfonamides is 1. The Labute approximate surface area is 163 Å². The highest BCUT2D eigenvalue weighted by molar-refractivity contribution is 7.89. The quantitative estimate of drug-likeness (QED) is 0.717. The minimum absolute atomic E-state index is 0.200. The number of hydrogen-bond donors (Lipinski definition) is 2. The van der Waals surface area contributed by atoms with Gasteiger partial charge in [-0.25, -0.2) is 13.2 Å².